The van der Waals surface area contributed by atoms with Crippen molar-refractivity contribution in [1.29, 1.82) is 0 Å². The molecule has 108 valence electrons. The van der Waals surface area contributed by atoms with Crippen LogP contribution in [-0.4, -0.2) is 23.6 Å². The lowest BCUT2D eigenvalue weighted by atomic mass is 9.97. The summed E-state index contributed by atoms with van der Waals surface area (Å²) in [4.78, 5) is 22.8. The van der Waals surface area contributed by atoms with Crippen molar-refractivity contribution in [2.45, 2.75) is 26.2 Å². The second-order valence-electron chi connectivity index (χ2n) is 5.18. The lowest BCUT2D eigenvalue weighted by Crippen LogP contribution is -2.25. The van der Waals surface area contributed by atoms with E-state index in [1.165, 1.54) is 0 Å². The fourth-order valence-electron chi connectivity index (χ4n) is 2.60. The Bertz CT molecular complexity index is 500. The smallest absolute Gasteiger partial charge is 0.341 e. The van der Waals surface area contributed by atoms with Gasteiger partial charge in [-0.1, -0.05) is 25.5 Å². The Kier molecular flexibility index (Phi) is 4.61. The normalized spacial score (nSPS) is 21.4. The van der Waals surface area contributed by atoms with Gasteiger partial charge in [0.05, 0.1) is 5.69 Å². The molecule has 2 N–H and O–H groups in total. The molecule has 1 aliphatic carbocycles. The van der Waals surface area contributed by atoms with Crippen LogP contribution in [0.4, 0.5) is 5.69 Å². The van der Waals surface area contributed by atoms with Crippen LogP contribution in [0, 0.1) is 11.8 Å². The topological polar surface area (TPSA) is 75.6 Å². The molecule has 0 spiro atoms. The molecule has 0 heterocycles. The van der Waals surface area contributed by atoms with E-state index in [9.17, 15) is 9.59 Å². The first-order chi connectivity index (χ1) is 9.58. The molecule has 0 aliphatic heterocycles. The predicted molar refractivity (Wildman–Crippen MR) is 74.7 cm³/mol. The third-order valence-electron chi connectivity index (χ3n) is 3.69. The minimum absolute atomic E-state index is 0.0126. The van der Waals surface area contributed by atoms with Crippen LogP contribution < -0.4 is 10.1 Å². The number of carbonyl (C=O) groups is 2. The summed E-state index contributed by atoms with van der Waals surface area (Å²) in [6.07, 6.45) is 3.07. The second-order valence-corrected chi connectivity index (χ2v) is 5.18. The van der Waals surface area contributed by atoms with Crippen molar-refractivity contribution in [2.75, 3.05) is 11.9 Å². The van der Waals surface area contributed by atoms with Gasteiger partial charge in [0.1, 0.15) is 5.75 Å². The lowest BCUT2D eigenvalue weighted by molar-refractivity contribution is -0.139. The molecular weight excluding hydrogens is 258 g/mol. The number of hydrogen-bond donors (Lipinski definition) is 2. The number of rotatable bonds is 5. The Hall–Kier alpha value is -2.04. The van der Waals surface area contributed by atoms with E-state index < -0.39 is 12.6 Å². The van der Waals surface area contributed by atoms with Crippen LogP contribution in [0.5, 0.6) is 5.75 Å². The molecule has 0 bridgehead atoms. The Morgan fingerprint density at radius 1 is 1.35 bits per heavy atom. The van der Waals surface area contributed by atoms with Crippen LogP contribution in [0.2, 0.25) is 0 Å². The van der Waals surface area contributed by atoms with E-state index >= 15 is 0 Å². The Morgan fingerprint density at radius 2 is 2.10 bits per heavy atom. The maximum atomic E-state index is 12.2. The first kappa shape index (κ1) is 14.4. The molecule has 2 unspecified atom stereocenters. The molecule has 1 aromatic carbocycles. The maximum Gasteiger partial charge on any atom is 0.341 e. The van der Waals surface area contributed by atoms with Gasteiger partial charge in [0, 0.05) is 5.92 Å². The zero-order chi connectivity index (χ0) is 14.5. The molecule has 1 amide bonds. The van der Waals surface area contributed by atoms with Crippen LogP contribution >= 0.6 is 0 Å². The third-order valence-corrected chi connectivity index (χ3v) is 3.69. The van der Waals surface area contributed by atoms with Gasteiger partial charge in [-0.3, -0.25) is 4.79 Å². The van der Waals surface area contributed by atoms with Gasteiger partial charge in [-0.15, -0.1) is 0 Å². The molecule has 1 saturated carbocycles. The number of aliphatic carboxylic acids is 1. The zero-order valence-corrected chi connectivity index (χ0v) is 11.5. The highest BCUT2D eigenvalue weighted by Crippen LogP contribution is 2.33. The van der Waals surface area contributed by atoms with Gasteiger partial charge in [-0.05, 0) is 30.9 Å². The van der Waals surface area contributed by atoms with Gasteiger partial charge >= 0.3 is 5.97 Å². The Labute approximate surface area is 117 Å². The number of para-hydroxylation sites is 2. The maximum absolute atomic E-state index is 12.2. The average Bonchev–Trinajstić information content (AvgIpc) is 2.84. The number of carbonyl (C=O) groups excluding carboxylic acids is 1. The fraction of sp³-hybridized carbons (Fsp3) is 0.467. The number of hydrogen-bond acceptors (Lipinski definition) is 3. The molecule has 2 rings (SSSR count). The Balaban J connectivity index is 2.04. The van der Waals surface area contributed by atoms with Gasteiger partial charge in [-0.25, -0.2) is 4.79 Å². The van der Waals surface area contributed by atoms with Crippen molar-refractivity contribution >= 4 is 17.6 Å². The number of ether oxygens (including phenoxy) is 1. The third kappa shape index (κ3) is 3.50. The van der Waals surface area contributed by atoms with E-state index in [0.29, 0.717) is 17.4 Å². The first-order valence-electron chi connectivity index (χ1n) is 6.82. The molecule has 0 saturated heterocycles. The van der Waals surface area contributed by atoms with E-state index in [0.717, 1.165) is 19.3 Å². The highest BCUT2D eigenvalue weighted by atomic mass is 16.5. The monoisotopic (exact) mass is 277 g/mol. The molecule has 0 radical (unpaired) electrons. The van der Waals surface area contributed by atoms with Crippen molar-refractivity contribution < 1.29 is 19.4 Å². The highest BCUT2D eigenvalue weighted by Gasteiger charge is 2.30. The summed E-state index contributed by atoms with van der Waals surface area (Å²) < 4.78 is 5.17. The summed E-state index contributed by atoms with van der Waals surface area (Å²) >= 11 is 0. The summed E-state index contributed by atoms with van der Waals surface area (Å²) in [7, 11) is 0. The number of anilines is 1. The number of benzene rings is 1. The van der Waals surface area contributed by atoms with Crippen molar-refractivity contribution in [2.24, 2.45) is 11.8 Å². The van der Waals surface area contributed by atoms with Crippen LogP contribution in [0.25, 0.3) is 0 Å². The summed E-state index contributed by atoms with van der Waals surface area (Å²) in [5.41, 5.74) is 0.526. The van der Waals surface area contributed by atoms with E-state index in [2.05, 4.69) is 12.2 Å². The molecule has 1 aromatic rings. The van der Waals surface area contributed by atoms with E-state index in [4.69, 9.17) is 9.84 Å². The molecule has 2 atom stereocenters. The summed E-state index contributed by atoms with van der Waals surface area (Å²) in [6.45, 7) is 1.66. The van der Waals surface area contributed by atoms with Crippen molar-refractivity contribution in [3.8, 4) is 5.75 Å². The molecule has 1 aliphatic rings. The quantitative estimate of drug-likeness (QED) is 0.867. The van der Waals surface area contributed by atoms with Gasteiger partial charge < -0.3 is 15.2 Å². The summed E-state index contributed by atoms with van der Waals surface area (Å²) in [6, 6.07) is 6.89. The second kappa shape index (κ2) is 6.41. The summed E-state index contributed by atoms with van der Waals surface area (Å²) in [5, 5.41) is 11.5. The number of amides is 1. The minimum atomic E-state index is -1.05. The van der Waals surface area contributed by atoms with Gasteiger partial charge in [0.2, 0.25) is 5.91 Å². The highest BCUT2D eigenvalue weighted by molar-refractivity contribution is 5.94. The molecule has 5 heteroatoms. The van der Waals surface area contributed by atoms with Gasteiger partial charge in [0.15, 0.2) is 6.61 Å². The first-order valence-corrected chi connectivity index (χ1v) is 6.82. The number of carboxylic acid groups (broad SMARTS) is 1. The van der Waals surface area contributed by atoms with Crippen LogP contribution in [0.1, 0.15) is 26.2 Å². The molecule has 20 heavy (non-hydrogen) atoms. The largest absolute Gasteiger partial charge is 0.480 e. The standard InChI is InChI=1S/C15H19NO4/c1-10-5-4-6-11(10)15(19)16-12-7-2-3-8-13(12)20-9-14(17)18/h2-3,7-8,10-11H,4-6,9H2,1H3,(H,16,19)(H,17,18). The van der Waals surface area contributed by atoms with Crippen LogP contribution in [0.15, 0.2) is 24.3 Å². The van der Waals surface area contributed by atoms with Crippen LogP contribution in [0.3, 0.4) is 0 Å². The van der Waals surface area contributed by atoms with Crippen molar-refractivity contribution in [3.05, 3.63) is 24.3 Å². The minimum Gasteiger partial charge on any atom is -0.480 e. The number of nitrogens with one attached hydrogen (secondary N) is 1. The fourth-order valence-corrected chi connectivity index (χ4v) is 2.60. The Morgan fingerprint density at radius 3 is 2.75 bits per heavy atom. The SMILES string of the molecule is CC1CCCC1C(=O)Nc1ccccc1OCC(=O)O. The molecule has 1 fully saturated rings. The predicted octanol–water partition coefficient (Wildman–Crippen LogP) is 2.52. The molecular formula is C15H19NO4. The molecule has 5 nitrogen and oxygen atoms in total. The summed E-state index contributed by atoms with van der Waals surface area (Å²) in [5.74, 6) is -0.254. The van der Waals surface area contributed by atoms with Gasteiger partial charge in [0.25, 0.3) is 0 Å². The van der Waals surface area contributed by atoms with Crippen molar-refractivity contribution in [1.82, 2.24) is 0 Å². The van der Waals surface area contributed by atoms with Gasteiger partial charge in [-0.2, -0.15) is 0 Å². The van der Waals surface area contributed by atoms with E-state index in [1.807, 2.05) is 0 Å². The van der Waals surface area contributed by atoms with E-state index in [-0.39, 0.29) is 11.8 Å². The molecule has 0 aromatic heterocycles. The van der Waals surface area contributed by atoms with E-state index in [1.54, 1.807) is 24.3 Å². The zero-order valence-electron chi connectivity index (χ0n) is 11.5. The van der Waals surface area contributed by atoms with Crippen molar-refractivity contribution in [3.63, 3.8) is 0 Å². The van der Waals surface area contributed by atoms with Crippen LogP contribution in [-0.2, 0) is 9.59 Å². The lowest BCUT2D eigenvalue weighted by Gasteiger charge is -2.17. The average molecular weight is 277 g/mol. The number of carboxylic acids is 1.